The SMILES string of the molecule is CN(C)C1CCC(Nc2cc3ncnc(Nc4ccc(F)c(Cl)c4)c3cn2)CC1. The third-order valence-electron chi connectivity index (χ3n) is 5.48. The number of nitrogens with one attached hydrogen (secondary N) is 2. The van der Waals surface area contributed by atoms with Crippen LogP contribution in [0.1, 0.15) is 25.7 Å². The minimum absolute atomic E-state index is 0.0574. The first-order valence-corrected chi connectivity index (χ1v) is 10.1. The molecule has 0 atom stereocenters. The van der Waals surface area contributed by atoms with Gasteiger partial charge in [0.15, 0.2) is 0 Å². The highest BCUT2D eigenvalue weighted by atomic mass is 35.5. The fraction of sp³-hybridized carbons (Fsp3) is 0.381. The lowest BCUT2D eigenvalue weighted by Gasteiger charge is -2.33. The van der Waals surface area contributed by atoms with Crippen molar-refractivity contribution in [1.82, 2.24) is 19.9 Å². The third-order valence-corrected chi connectivity index (χ3v) is 5.77. The average Bonchev–Trinajstić information content (AvgIpc) is 2.71. The summed E-state index contributed by atoms with van der Waals surface area (Å²) in [6, 6.07) is 7.49. The zero-order valence-electron chi connectivity index (χ0n) is 16.5. The smallest absolute Gasteiger partial charge is 0.143 e. The maximum Gasteiger partial charge on any atom is 0.143 e. The summed E-state index contributed by atoms with van der Waals surface area (Å²) in [7, 11) is 4.29. The van der Waals surface area contributed by atoms with Crippen molar-refractivity contribution in [1.29, 1.82) is 0 Å². The number of halogens is 2. The predicted octanol–water partition coefficient (Wildman–Crippen LogP) is 4.85. The van der Waals surface area contributed by atoms with Gasteiger partial charge in [-0.2, -0.15) is 0 Å². The van der Waals surface area contributed by atoms with Crippen LogP contribution < -0.4 is 10.6 Å². The predicted molar refractivity (Wildman–Crippen MR) is 115 cm³/mol. The van der Waals surface area contributed by atoms with Crippen molar-refractivity contribution in [2.75, 3.05) is 24.7 Å². The van der Waals surface area contributed by atoms with Crippen LogP contribution in [0, 0.1) is 5.82 Å². The van der Waals surface area contributed by atoms with Gasteiger partial charge in [0.05, 0.1) is 15.9 Å². The van der Waals surface area contributed by atoms with Gasteiger partial charge in [-0.05, 0) is 58.0 Å². The second kappa shape index (κ2) is 8.47. The monoisotopic (exact) mass is 414 g/mol. The molecule has 0 bridgehead atoms. The van der Waals surface area contributed by atoms with Crippen LogP contribution in [0.15, 0.2) is 36.8 Å². The second-order valence-corrected chi connectivity index (χ2v) is 8.08. The van der Waals surface area contributed by atoms with Gasteiger partial charge >= 0.3 is 0 Å². The normalized spacial score (nSPS) is 19.5. The summed E-state index contributed by atoms with van der Waals surface area (Å²) in [4.78, 5) is 15.6. The summed E-state index contributed by atoms with van der Waals surface area (Å²) in [5, 5.41) is 7.55. The molecular weight excluding hydrogens is 391 g/mol. The lowest BCUT2D eigenvalue weighted by Crippen LogP contribution is -2.36. The van der Waals surface area contributed by atoms with Gasteiger partial charge < -0.3 is 15.5 Å². The van der Waals surface area contributed by atoms with Crippen LogP contribution in [0.5, 0.6) is 0 Å². The fourth-order valence-electron chi connectivity index (χ4n) is 3.79. The van der Waals surface area contributed by atoms with E-state index in [1.807, 2.05) is 6.07 Å². The summed E-state index contributed by atoms with van der Waals surface area (Å²) in [5.74, 6) is 0.963. The summed E-state index contributed by atoms with van der Waals surface area (Å²) in [6.07, 6.45) is 7.90. The lowest BCUT2D eigenvalue weighted by atomic mass is 9.90. The van der Waals surface area contributed by atoms with Gasteiger partial charge in [-0.1, -0.05) is 11.6 Å². The van der Waals surface area contributed by atoms with Gasteiger partial charge in [0.1, 0.15) is 23.8 Å². The van der Waals surface area contributed by atoms with E-state index >= 15 is 0 Å². The number of hydrogen-bond donors (Lipinski definition) is 2. The van der Waals surface area contributed by atoms with E-state index < -0.39 is 5.82 Å². The Balaban J connectivity index is 1.49. The van der Waals surface area contributed by atoms with Gasteiger partial charge in [0, 0.05) is 30.0 Å². The van der Waals surface area contributed by atoms with Crippen LogP contribution in [0.4, 0.5) is 21.7 Å². The average molecular weight is 415 g/mol. The first-order chi connectivity index (χ1) is 14.0. The Labute approximate surface area is 174 Å². The first-order valence-electron chi connectivity index (χ1n) is 9.75. The number of benzene rings is 1. The van der Waals surface area contributed by atoms with Crippen molar-refractivity contribution in [3.05, 3.63) is 47.6 Å². The molecule has 2 aromatic heterocycles. The fourth-order valence-corrected chi connectivity index (χ4v) is 3.97. The molecule has 2 N–H and O–H groups in total. The van der Waals surface area contributed by atoms with Crippen molar-refractivity contribution in [3.63, 3.8) is 0 Å². The quantitative estimate of drug-likeness (QED) is 0.622. The van der Waals surface area contributed by atoms with Gasteiger partial charge in [0.2, 0.25) is 0 Å². The number of hydrogen-bond acceptors (Lipinski definition) is 6. The molecule has 0 unspecified atom stereocenters. The highest BCUT2D eigenvalue weighted by Gasteiger charge is 2.22. The van der Waals surface area contributed by atoms with Crippen molar-refractivity contribution in [2.45, 2.75) is 37.8 Å². The van der Waals surface area contributed by atoms with Crippen LogP contribution in [0.25, 0.3) is 10.9 Å². The Morgan fingerprint density at radius 3 is 2.59 bits per heavy atom. The molecule has 1 aliphatic carbocycles. The summed E-state index contributed by atoms with van der Waals surface area (Å²) >= 11 is 5.87. The third kappa shape index (κ3) is 4.57. The Kier molecular flexibility index (Phi) is 5.78. The molecule has 1 fully saturated rings. The van der Waals surface area contributed by atoms with Crippen molar-refractivity contribution >= 4 is 39.8 Å². The maximum absolute atomic E-state index is 13.4. The molecule has 1 aromatic carbocycles. The van der Waals surface area contributed by atoms with Gasteiger partial charge in [-0.25, -0.2) is 19.3 Å². The maximum atomic E-state index is 13.4. The molecule has 1 aliphatic rings. The molecule has 152 valence electrons. The van der Waals surface area contributed by atoms with E-state index in [0.29, 0.717) is 23.6 Å². The highest BCUT2D eigenvalue weighted by molar-refractivity contribution is 6.31. The largest absolute Gasteiger partial charge is 0.367 e. The van der Waals surface area contributed by atoms with Crippen LogP contribution in [-0.2, 0) is 0 Å². The van der Waals surface area contributed by atoms with Crippen LogP contribution >= 0.6 is 11.6 Å². The minimum Gasteiger partial charge on any atom is -0.367 e. The number of pyridine rings is 1. The van der Waals surface area contributed by atoms with Crippen LogP contribution in [0.2, 0.25) is 5.02 Å². The number of anilines is 3. The summed E-state index contributed by atoms with van der Waals surface area (Å²) < 4.78 is 13.4. The van der Waals surface area contributed by atoms with E-state index in [1.165, 1.54) is 31.3 Å². The van der Waals surface area contributed by atoms with Crippen molar-refractivity contribution in [3.8, 4) is 0 Å². The van der Waals surface area contributed by atoms with Gasteiger partial charge in [-0.15, -0.1) is 0 Å². The molecule has 0 aliphatic heterocycles. The molecule has 4 rings (SSSR count). The molecular formula is C21H24ClFN6. The second-order valence-electron chi connectivity index (χ2n) is 7.68. The first kappa shape index (κ1) is 19.8. The molecule has 0 spiro atoms. The Hall–Kier alpha value is -2.51. The van der Waals surface area contributed by atoms with Crippen molar-refractivity contribution < 1.29 is 4.39 Å². The molecule has 3 aromatic rings. The molecule has 2 heterocycles. The van der Waals surface area contributed by atoms with E-state index in [4.69, 9.17) is 11.6 Å². The topological polar surface area (TPSA) is 66.0 Å². The van der Waals surface area contributed by atoms with Crippen LogP contribution in [0.3, 0.4) is 0 Å². The zero-order chi connectivity index (χ0) is 20.4. The Morgan fingerprint density at radius 1 is 1.07 bits per heavy atom. The standard InChI is InChI=1S/C21H24ClFN6/c1-29(2)15-6-3-13(4-7-15)27-20-10-19-16(11-24-20)21(26-12-25-19)28-14-5-8-18(23)17(22)9-14/h5,8-13,15H,3-4,6-7H2,1-2H3,(H,24,27)(H,25,26,28). The van der Waals surface area contributed by atoms with E-state index in [-0.39, 0.29) is 5.02 Å². The molecule has 1 saturated carbocycles. The molecule has 0 amide bonds. The minimum atomic E-state index is -0.457. The lowest BCUT2D eigenvalue weighted by molar-refractivity contribution is 0.221. The number of nitrogens with zero attached hydrogens (tertiary/aromatic N) is 4. The molecule has 8 heteroatoms. The Morgan fingerprint density at radius 2 is 1.86 bits per heavy atom. The molecule has 0 radical (unpaired) electrons. The van der Waals surface area contributed by atoms with E-state index in [2.05, 4.69) is 44.6 Å². The summed E-state index contributed by atoms with van der Waals surface area (Å²) in [6.45, 7) is 0. The molecule has 29 heavy (non-hydrogen) atoms. The zero-order valence-corrected chi connectivity index (χ0v) is 17.2. The number of rotatable bonds is 5. The van der Waals surface area contributed by atoms with Gasteiger partial charge in [-0.3, -0.25) is 0 Å². The summed E-state index contributed by atoms with van der Waals surface area (Å²) in [5.41, 5.74) is 1.44. The number of fused-ring (bicyclic) bond motifs is 1. The van der Waals surface area contributed by atoms with E-state index in [9.17, 15) is 4.39 Å². The van der Waals surface area contributed by atoms with Crippen LogP contribution in [-0.4, -0.2) is 46.0 Å². The highest BCUT2D eigenvalue weighted by Crippen LogP contribution is 2.28. The van der Waals surface area contributed by atoms with Gasteiger partial charge in [0.25, 0.3) is 0 Å². The molecule has 6 nitrogen and oxygen atoms in total. The van der Waals surface area contributed by atoms with E-state index in [0.717, 1.165) is 29.6 Å². The number of aromatic nitrogens is 3. The Bertz CT molecular complexity index is 1000. The molecule has 0 saturated heterocycles. The van der Waals surface area contributed by atoms with Crippen molar-refractivity contribution in [2.24, 2.45) is 0 Å². The van der Waals surface area contributed by atoms with E-state index in [1.54, 1.807) is 12.3 Å².